The molecule has 1 aromatic carbocycles. The van der Waals surface area contributed by atoms with Crippen molar-refractivity contribution in [3.8, 4) is 11.5 Å². The molecular formula is C18H16FN5O. The van der Waals surface area contributed by atoms with E-state index in [1.807, 2.05) is 19.1 Å². The zero-order valence-electron chi connectivity index (χ0n) is 13.6. The molecule has 3 aromatic rings. The van der Waals surface area contributed by atoms with Crippen LogP contribution in [-0.2, 0) is 6.54 Å². The Hall–Kier alpha value is -3.35. The lowest BCUT2D eigenvalue weighted by atomic mass is 10.2. The van der Waals surface area contributed by atoms with Crippen molar-refractivity contribution < 1.29 is 8.81 Å². The van der Waals surface area contributed by atoms with E-state index in [1.54, 1.807) is 29.0 Å². The fourth-order valence-corrected chi connectivity index (χ4v) is 2.25. The number of nitrogens with zero attached hydrogens (tertiary/aromatic N) is 5. The Morgan fingerprint density at radius 3 is 2.92 bits per heavy atom. The number of allylic oxidation sites excluding steroid dienone is 3. The lowest BCUT2D eigenvalue weighted by Gasteiger charge is -2.05. The lowest BCUT2D eigenvalue weighted by Crippen LogP contribution is -2.06. The minimum Gasteiger partial charge on any atom is -0.451 e. The molecule has 0 radical (unpaired) electrons. The second kappa shape index (κ2) is 7.48. The normalized spacial score (nSPS) is 12.0. The van der Waals surface area contributed by atoms with Gasteiger partial charge in [0.1, 0.15) is 23.5 Å². The minimum absolute atomic E-state index is 0.204. The molecule has 0 amide bonds. The summed E-state index contributed by atoms with van der Waals surface area (Å²) >= 11 is 0. The topological polar surface area (TPSA) is 69.1 Å². The van der Waals surface area contributed by atoms with Crippen LogP contribution in [0.1, 0.15) is 18.3 Å². The molecule has 0 atom stereocenters. The highest BCUT2D eigenvalue weighted by Gasteiger charge is 2.17. The molecule has 0 spiro atoms. The number of halogens is 1. The molecule has 0 saturated carbocycles. The van der Waals surface area contributed by atoms with Gasteiger partial charge in [0.2, 0.25) is 0 Å². The van der Waals surface area contributed by atoms with Crippen molar-refractivity contribution in [1.29, 1.82) is 0 Å². The van der Waals surface area contributed by atoms with Gasteiger partial charge in [0.05, 0.1) is 6.54 Å². The van der Waals surface area contributed by atoms with E-state index in [0.717, 1.165) is 0 Å². The van der Waals surface area contributed by atoms with Crippen molar-refractivity contribution in [1.82, 2.24) is 19.7 Å². The number of aliphatic imine (C=N–C) groups is 1. The largest absolute Gasteiger partial charge is 0.451 e. The maximum absolute atomic E-state index is 14.0. The second-order valence-corrected chi connectivity index (χ2v) is 5.12. The van der Waals surface area contributed by atoms with Crippen molar-refractivity contribution in [2.75, 3.05) is 0 Å². The van der Waals surface area contributed by atoms with Crippen LogP contribution in [0.5, 0.6) is 0 Å². The summed E-state index contributed by atoms with van der Waals surface area (Å²) in [6, 6.07) is 6.52. The summed E-state index contributed by atoms with van der Waals surface area (Å²) in [4.78, 5) is 12.5. The molecule has 0 aliphatic heterocycles. The Balaban J connectivity index is 2.07. The van der Waals surface area contributed by atoms with Crippen LogP contribution < -0.4 is 0 Å². The number of benzene rings is 1. The van der Waals surface area contributed by atoms with Gasteiger partial charge < -0.3 is 4.42 Å². The predicted molar refractivity (Wildman–Crippen MR) is 93.4 cm³/mol. The highest BCUT2D eigenvalue weighted by molar-refractivity contribution is 5.66. The summed E-state index contributed by atoms with van der Waals surface area (Å²) in [5.74, 6) is 0.529. The molecule has 0 bridgehead atoms. The van der Waals surface area contributed by atoms with E-state index in [9.17, 15) is 4.39 Å². The van der Waals surface area contributed by atoms with Gasteiger partial charge in [-0.2, -0.15) is 0 Å². The third-order valence-corrected chi connectivity index (χ3v) is 3.46. The van der Waals surface area contributed by atoms with Gasteiger partial charge in [-0.15, -0.1) is 5.10 Å². The first-order valence-corrected chi connectivity index (χ1v) is 7.59. The molecule has 0 unspecified atom stereocenters. The average Bonchev–Trinajstić information content (AvgIpc) is 3.27. The molecule has 25 heavy (non-hydrogen) atoms. The van der Waals surface area contributed by atoms with E-state index >= 15 is 0 Å². The molecule has 0 saturated heterocycles. The van der Waals surface area contributed by atoms with Crippen molar-refractivity contribution in [3.05, 3.63) is 72.4 Å². The van der Waals surface area contributed by atoms with Crippen LogP contribution in [0.2, 0.25) is 0 Å². The Morgan fingerprint density at radius 2 is 2.24 bits per heavy atom. The van der Waals surface area contributed by atoms with Crippen LogP contribution in [0.15, 0.2) is 64.6 Å². The Morgan fingerprint density at radius 1 is 1.40 bits per heavy atom. The summed E-state index contributed by atoms with van der Waals surface area (Å²) in [7, 11) is 0. The predicted octanol–water partition coefficient (Wildman–Crippen LogP) is 3.74. The number of aromatic nitrogens is 4. The number of hydrogen-bond donors (Lipinski definition) is 0. The molecule has 6 nitrogen and oxygen atoms in total. The smallest absolute Gasteiger partial charge is 0.200 e. The van der Waals surface area contributed by atoms with E-state index in [1.165, 1.54) is 18.7 Å². The maximum Gasteiger partial charge on any atom is 0.200 e. The van der Waals surface area contributed by atoms with E-state index in [2.05, 4.69) is 26.8 Å². The summed E-state index contributed by atoms with van der Waals surface area (Å²) in [6.07, 6.45) is 8.20. The average molecular weight is 337 g/mol. The third-order valence-electron chi connectivity index (χ3n) is 3.46. The maximum atomic E-state index is 14.0. The highest BCUT2D eigenvalue weighted by Crippen LogP contribution is 2.21. The van der Waals surface area contributed by atoms with E-state index in [-0.39, 0.29) is 12.4 Å². The van der Waals surface area contributed by atoms with Crippen LogP contribution in [0.25, 0.3) is 17.2 Å². The van der Waals surface area contributed by atoms with Crippen molar-refractivity contribution in [2.45, 2.75) is 13.5 Å². The highest BCUT2D eigenvalue weighted by atomic mass is 19.1. The van der Waals surface area contributed by atoms with E-state index in [4.69, 9.17) is 4.42 Å². The number of oxazole rings is 1. The SMILES string of the molecule is C=NC(=CC=CC)c1nc(-c2cocn2)n(Cc2ccccc2F)n1. The molecule has 2 heterocycles. The molecule has 0 fully saturated rings. The van der Waals surface area contributed by atoms with Gasteiger partial charge in [-0.1, -0.05) is 30.4 Å². The molecule has 2 aromatic heterocycles. The standard InChI is InChI=1S/C18H16FN5O/c1-3-4-9-15(20-2)17-22-18(16-11-25-12-21-16)24(23-17)10-13-7-5-6-8-14(13)19/h3-9,11-12H,2,10H2,1H3. The fourth-order valence-electron chi connectivity index (χ4n) is 2.25. The summed E-state index contributed by atoms with van der Waals surface area (Å²) in [6.45, 7) is 5.65. The van der Waals surface area contributed by atoms with Gasteiger partial charge >= 0.3 is 0 Å². The first-order chi connectivity index (χ1) is 12.2. The molecule has 0 aliphatic rings. The van der Waals surface area contributed by atoms with E-state index < -0.39 is 0 Å². The lowest BCUT2D eigenvalue weighted by molar-refractivity contribution is 0.557. The minimum atomic E-state index is -0.308. The number of rotatable bonds is 6. The van der Waals surface area contributed by atoms with Crippen LogP contribution in [0.3, 0.4) is 0 Å². The van der Waals surface area contributed by atoms with Crippen molar-refractivity contribution in [3.63, 3.8) is 0 Å². The van der Waals surface area contributed by atoms with Crippen LogP contribution >= 0.6 is 0 Å². The quantitative estimate of drug-likeness (QED) is 0.507. The van der Waals surface area contributed by atoms with Crippen molar-refractivity contribution in [2.24, 2.45) is 4.99 Å². The molecular weight excluding hydrogens is 321 g/mol. The van der Waals surface area contributed by atoms with Gasteiger partial charge in [0, 0.05) is 5.56 Å². The number of hydrogen-bond acceptors (Lipinski definition) is 5. The molecule has 7 heteroatoms. The monoisotopic (exact) mass is 337 g/mol. The third kappa shape index (κ3) is 3.60. The van der Waals surface area contributed by atoms with Crippen molar-refractivity contribution >= 4 is 12.4 Å². The van der Waals surface area contributed by atoms with Crippen LogP contribution in [-0.4, -0.2) is 26.5 Å². The van der Waals surface area contributed by atoms with Crippen LogP contribution in [0, 0.1) is 5.82 Å². The summed E-state index contributed by atoms with van der Waals surface area (Å²) in [5, 5.41) is 4.45. The molecule has 0 N–H and O–H groups in total. The second-order valence-electron chi connectivity index (χ2n) is 5.12. The summed E-state index contributed by atoms with van der Waals surface area (Å²) in [5.41, 5.74) is 1.51. The first-order valence-electron chi connectivity index (χ1n) is 7.59. The zero-order chi connectivity index (χ0) is 17.6. The first kappa shape index (κ1) is 16.5. The Bertz CT molecular complexity index is 925. The van der Waals surface area contributed by atoms with Gasteiger partial charge in [-0.05, 0) is 25.8 Å². The molecule has 126 valence electrons. The molecule has 3 rings (SSSR count). The van der Waals surface area contributed by atoms with Gasteiger partial charge in [-0.25, -0.2) is 19.0 Å². The molecule has 0 aliphatic carbocycles. The van der Waals surface area contributed by atoms with Gasteiger partial charge in [-0.3, -0.25) is 4.99 Å². The fraction of sp³-hybridized carbons (Fsp3) is 0.111. The Labute approximate surface area is 144 Å². The van der Waals surface area contributed by atoms with Gasteiger partial charge in [0.25, 0.3) is 0 Å². The van der Waals surface area contributed by atoms with E-state index in [0.29, 0.717) is 28.6 Å². The van der Waals surface area contributed by atoms with Crippen LogP contribution in [0.4, 0.5) is 4.39 Å². The zero-order valence-corrected chi connectivity index (χ0v) is 13.6. The van der Waals surface area contributed by atoms with Gasteiger partial charge in [0.15, 0.2) is 18.0 Å². The summed E-state index contributed by atoms with van der Waals surface area (Å²) < 4.78 is 20.6. The Kier molecular flexibility index (Phi) is 4.94.